The molecule has 2 aromatic rings. The molecule has 0 amide bonds. The summed E-state index contributed by atoms with van der Waals surface area (Å²) in [4.78, 5) is 7.18. The van der Waals surface area contributed by atoms with E-state index in [9.17, 15) is 5.11 Å². The lowest BCUT2D eigenvalue weighted by Crippen LogP contribution is -2.48. The Kier molecular flexibility index (Phi) is 7.14. The summed E-state index contributed by atoms with van der Waals surface area (Å²) < 4.78 is 7.55. The Morgan fingerprint density at radius 2 is 2.13 bits per heavy atom. The third-order valence-corrected chi connectivity index (χ3v) is 5.84. The summed E-state index contributed by atoms with van der Waals surface area (Å²) in [6, 6.07) is 4.15. The van der Waals surface area contributed by atoms with E-state index in [-0.39, 0.29) is 6.54 Å². The fraction of sp³-hybridized carbons (Fsp3) is 0.667. The van der Waals surface area contributed by atoms with Crippen molar-refractivity contribution in [1.82, 2.24) is 30.3 Å². The third-order valence-electron chi connectivity index (χ3n) is 5.84. The number of guanidine groups is 1. The maximum absolute atomic E-state index is 10.9. The Hall–Kier alpha value is -2.39. The first-order chi connectivity index (χ1) is 14.3. The number of nitrogens with zero attached hydrogens (tertiary/aromatic N) is 5. The summed E-state index contributed by atoms with van der Waals surface area (Å²) in [6.45, 7) is 11.4. The highest BCUT2D eigenvalue weighted by atomic mass is 16.4. The van der Waals surface area contributed by atoms with E-state index in [4.69, 9.17) is 9.41 Å². The van der Waals surface area contributed by atoms with Gasteiger partial charge >= 0.3 is 0 Å². The van der Waals surface area contributed by atoms with E-state index < -0.39 is 5.60 Å². The molecule has 30 heavy (non-hydrogen) atoms. The Labute approximate surface area is 178 Å². The van der Waals surface area contributed by atoms with Gasteiger partial charge in [0.25, 0.3) is 0 Å². The lowest BCUT2D eigenvalue weighted by atomic mass is 10.0. The van der Waals surface area contributed by atoms with E-state index in [1.54, 1.807) is 13.0 Å². The quantitative estimate of drug-likeness (QED) is 0.441. The van der Waals surface area contributed by atoms with Crippen LogP contribution in [-0.2, 0) is 19.2 Å². The maximum Gasteiger partial charge on any atom is 0.191 e. The van der Waals surface area contributed by atoms with E-state index in [0.29, 0.717) is 24.3 Å². The van der Waals surface area contributed by atoms with Crippen molar-refractivity contribution in [2.75, 3.05) is 26.2 Å². The highest BCUT2D eigenvalue weighted by molar-refractivity contribution is 5.79. The van der Waals surface area contributed by atoms with Gasteiger partial charge in [0.15, 0.2) is 11.8 Å². The predicted octanol–water partition coefficient (Wildman–Crippen LogP) is 1.45. The Bertz CT molecular complexity index is 855. The number of aromatic nitrogens is 3. The second kappa shape index (κ2) is 9.61. The van der Waals surface area contributed by atoms with Gasteiger partial charge in [-0.3, -0.25) is 4.90 Å². The van der Waals surface area contributed by atoms with E-state index >= 15 is 0 Å². The minimum atomic E-state index is -1.15. The number of aliphatic hydroxyl groups is 1. The van der Waals surface area contributed by atoms with E-state index in [1.165, 1.54) is 12.8 Å². The van der Waals surface area contributed by atoms with Gasteiger partial charge in [-0.25, -0.2) is 4.99 Å². The zero-order valence-electron chi connectivity index (χ0n) is 18.8. The topological polar surface area (TPSA) is 104 Å². The Morgan fingerprint density at radius 1 is 1.33 bits per heavy atom. The molecule has 9 nitrogen and oxygen atoms in total. The van der Waals surface area contributed by atoms with Crippen molar-refractivity contribution in [2.45, 2.75) is 58.7 Å². The van der Waals surface area contributed by atoms with Crippen molar-refractivity contribution in [3.63, 3.8) is 0 Å². The molecule has 0 aromatic carbocycles. The summed E-state index contributed by atoms with van der Waals surface area (Å²) in [7, 11) is 1.93. The van der Waals surface area contributed by atoms with Crippen LogP contribution in [0.15, 0.2) is 21.5 Å². The molecule has 0 aliphatic carbocycles. The van der Waals surface area contributed by atoms with Gasteiger partial charge in [0.05, 0.1) is 6.54 Å². The van der Waals surface area contributed by atoms with Gasteiger partial charge in [0.2, 0.25) is 0 Å². The molecule has 1 aliphatic rings. The van der Waals surface area contributed by atoms with Gasteiger partial charge in [-0.1, -0.05) is 6.92 Å². The van der Waals surface area contributed by atoms with Crippen molar-refractivity contribution in [2.24, 2.45) is 12.0 Å². The van der Waals surface area contributed by atoms with E-state index in [0.717, 1.165) is 37.0 Å². The summed E-state index contributed by atoms with van der Waals surface area (Å²) in [6.07, 6.45) is 2.41. The number of likely N-dealkylation sites (tertiary alicyclic amines) is 1. The lowest BCUT2D eigenvalue weighted by molar-refractivity contribution is 0.0377. The zero-order valence-corrected chi connectivity index (χ0v) is 18.8. The average Bonchev–Trinajstić information content (AvgIpc) is 3.43. The molecule has 3 rings (SSSR count). The number of nitrogens with one attached hydrogen (secondary N) is 2. The summed E-state index contributed by atoms with van der Waals surface area (Å²) >= 11 is 0. The molecular weight excluding hydrogens is 382 g/mol. The predicted molar refractivity (Wildman–Crippen MR) is 116 cm³/mol. The summed E-state index contributed by atoms with van der Waals surface area (Å²) in [5.41, 5.74) is -1.15. The van der Waals surface area contributed by atoms with Crippen LogP contribution in [0.2, 0.25) is 0 Å². The standard InChI is InChI=1S/C21H35N7O2/c1-6-28-11-7-8-17(28)12-22-20(23-13-19-26-25-16(3)27(19)5)24-14-21(4,29)18-10-9-15(2)30-18/h9-10,17,29H,6-8,11-14H2,1-5H3,(H2,22,23,24). The number of rotatable bonds is 8. The fourth-order valence-electron chi connectivity index (χ4n) is 3.74. The number of likely N-dealkylation sites (N-methyl/N-ethyl adjacent to an activating group) is 1. The normalized spacial score (nSPS) is 19.8. The smallest absolute Gasteiger partial charge is 0.191 e. The lowest BCUT2D eigenvalue weighted by Gasteiger charge is -2.26. The molecule has 2 aromatic heterocycles. The fourth-order valence-corrected chi connectivity index (χ4v) is 3.74. The molecule has 0 radical (unpaired) electrons. The first-order valence-corrected chi connectivity index (χ1v) is 10.7. The minimum absolute atomic E-state index is 0.270. The third kappa shape index (κ3) is 5.40. The maximum atomic E-state index is 10.9. The molecule has 1 saturated heterocycles. The van der Waals surface area contributed by atoms with Crippen LogP contribution in [0.25, 0.3) is 0 Å². The van der Waals surface area contributed by atoms with Crippen LogP contribution in [0.5, 0.6) is 0 Å². The Balaban J connectivity index is 1.67. The van der Waals surface area contributed by atoms with Gasteiger partial charge in [-0.05, 0) is 58.8 Å². The minimum Gasteiger partial charge on any atom is -0.463 e. The highest BCUT2D eigenvalue weighted by Gasteiger charge is 2.28. The molecule has 9 heteroatoms. The molecule has 0 spiro atoms. The molecular formula is C21H35N7O2. The Morgan fingerprint density at radius 3 is 2.77 bits per heavy atom. The number of furan rings is 1. The van der Waals surface area contributed by atoms with Gasteiger partial charge in [-0.2, -0.15) is 0 Å². The van der Waals surface area contributed by atoms with Crippen LogP contribution in [0, 0.1) is 13.8 Å². The van der Waals surface area contributed by atoms with Crippen molar-refractivity contribution in [3.8, 4) is 0 Å². The largest absolute Gasteiger partial charge is 0.463 e. The first kappa shape index (κ1) is 22.3. The van der Waals surface area contributed by atoms with Crippen molar-refractivity contribution >= 4 is 5.96 Å². The SMILES string of the molecule is CCN1CCCC1CNC(=NCc1nnc(C)n1C)NCC(C)(O)c1ccc(C)o1. The molecule has 1 fully saturated rings. The first-order valence-electron chi connectivity index (χ1n) is 10.7. The number of aryl methyl sites for hydroxylation is 2. The van der Waals surface area contributed by atoms with Crippen LogP contribution < -0.4 is 10.6 Å². The van der Waals surface area contributed by atoms with Crippen LogP contribution >= 0.6 is 0 Å². The van der Waals surface area contributed by atoms with Crippen LogP contribution in [-0.4, -0.2) is 63.0 Å². The van der Waals surface area contributed by atoms with Crippen LogP contribution in [0.4, 0.5) is 0 Å². The van der Waals surface area contributed by atoms with Crippen molar-refractivity contribution in [1.29, 1.82) is 0 Å². The van der Waals surface area contributed by atoms with Crippen molar-refractivity contribution < 1.29 is 9.52 Å². The highest BCUT2D eigenvalue weighted by Crippen LogP contribution is 2.22. The summed E-state index contributed by atoms with van der Waals surface area (Å²) in [5.74, 6) is 3.59. The molecule has 3 N–H and O–H groups in total. The van der Waals surface area contributed by atoms with Gasteiger partial charge in [0, 0.05) is 19.6 Å². The second-order valence-electron chi connectivity index (χ2n) is 8.23. The van der Waals surface area contributed by atoms with Crippen LogP contribution in [0.1, 0.15) is 49.9 Å². The molecule has 166 valence electrons. The van der Waals surface area contributed by atoms with Gasteiger partial charge < -0.3 is 24.7 Å². The molecule has 0 saturated carbocycles. The molecule has 1 aliphatic heterocycles. The van der Waals surface area contributed by atoms with Gasteiger partial charge in [0.1, 0.15) is 29.5 Å². The number of aliphatic imine (C=N–C) groups is 1. The average molecular weight is 418 g/mol. The van der Waals surface area contributed by atoms with Crippen LogP contribution in [0.3, 0.4) is 0 Å². The monoisotopic (exact) mass is 417 g/mol. The van der Waals surface area contributed by atoms with Gasteiger partial charge in [-0.15, -0.1) is 10.2 Å². The van der Waals surface area contributed by atoms with E-state index in [2.05, 4.69) is 32.7 Å². The number of hydrogen-bond donors (Lipinski definition) is 3. The molecule has 2 atom stereocenters. The second-order valence-corrected chi connectivity index (χ2v) is 8.23. The number of hydrogen-bond acceptors (Lipinski definition) is 6. The van der Waals surface area contributed by atoms with Crippen molar-refractivity contribution in [3.05, 3.63) is 35.3 Å². The molecule has 0 bridgehead atoms. The molecule has 3 heterocycles. The summed E-state index contributed by atoms with van der Waals surface area (Å²) in [5, 5.41) is 25.9. The zero-order chi connectivity index (χ0) is 21.7. The molecule has 2 unspecified atom stereocenters. The van der Waals surface area contributed by atoms with E-state index in [1.807, 2.05) is 31.5 Å².